The lowest BCUT2D eigenvalue weighted by molar-refractivity contribution is 0.191. The highest BCUT2D eigenvalue weighted by molar-refractivity contribution is 5.74. The number of carbonyl (C=O) groups is 1. The van der Waals surface area contributed by atoms with Gasteiger partial charge in [-0.1, -0.05) is 12.1 Å². The third-order valence-electron chi connectivity index (χ3n) is 3.78. The molecule has 26 heavy (non-hydrogen) atoms. The molecule has 1 heterocycles. The highest BCUT2D eigenvalue weighted by Crippen LogP contribution is 2.33. The molecule has 2 amide bonds. The number of hydrogen-bond donors (Lipinski definition) is 1. The normalized spacial score (nSPS) is 10.7. The van der Waals surface area contributed by atoms with Crippen LogP contribution in [0.4, 0.5) is 4.79 Å². The molecule has 0 atom stereocenters. The van der Waals surface area contributed by atoms with Crippen molar-refractivity contribution < 1.29 is 18.8 Å². The number of urea groups is 1. The van der Waals surface area contributed by atoms with Gasteiger partial charge in [-0.2, -0.15) is 0 Å². The number of benzene rings is 1. The van der Waals surface area contributed by atoms with Gasteiger partial charge in [-0.3, -0.25) is 0 Å². The molecule has 0 aliphatic carbocycles. The zero-order valence-electron chi connectivity index (χ0n) is 16.0. The van der Waals surface area contributed by atoms with Crippen LogP contribution in [0.3, 0.4) is 0 Å². The Labute approximate surface area is 154 Å². The van der Waals surface area contributed by atoms with Crippen molar-refractivity contribution in [3.8, 4) is 22.8 Å². The highest BCUT2D eigenvalue weighted by atomic mass is 16.5. The Morgan fingerprint density at radius 1 is 1.27 bits per heavy atom. The SMILES string of the molecule is CCCN(Cc1cc(-c2cc(OC)ccc2OC)on1)C(=O)NC(C)C. The lowest BCUT2D eigenvalue weighted by Crippen LogP contribution is -2.42. The Balaban J connectivity index is 2.22. The summed E-state index contributed by atoms with van der Waals surface area (Å²) in [4.78, 5) is 14.1. The van der Waals surface area contributed by atoms with Crippen molar-refractivity contribution in [1.29, 1.82) is 0 Å². The van der Waals surface area contributed by atoms with Gasteiger partial charge in [-0.15, -0.1) is 0 Å². The number of carbonyl (C=O) groups excluding carboxylic acids is 1. The molecule has 142 valence electrons. The maximum absolute atomic E-state index is 12.3. The third-order valence-corrected chi connectivity index (χ3v) is 3.78. The van der Waals surface area contributed by atoms with Crippen LogP contribution in [-0.2, 0) is 6.54 Å². The minimum absolute atomic E-state index is 0.0794. The zero-order chi connectivity index (χ0) is 19.1. The molecule has 2 rings (SSSR count). The van der Waals surface area contributed by atoms with Crippen LogP contribution in [0, 0.1) is 0 Å². The second-order valence-corrected chi connectivity index (χ2v) is 6.27. The number of amides is 2. The molecule has 1 aromatic heterocycles. The van der Waals surface area contributed by atoms with Crippen molar-refractivity contribution in [2.45, 2.75) is 39.8 Å². The summed E-state index contributed by atoms with van der Waals surface area (Å²) in [7, 11) is 3.20. The van der Waals surface area contributed by atoms with Gasteiger partial charge in [0.15, 0.2) is 5.76 Å². The maximum Gasteiger partial charge on any atom is 0.317 e. The van der Waals surface area contributed by atoms with Gasteiger partial charge < -0.3 is 24.2 Å². The zero-order valence-corrected chi connectivity index (χ0v) is 16.0. The molecule has 0 spiro atoms. The summed E-state index contributed by atoms with van der Waals surface area (Å²) in [5, 5.41) is 7.03. The van der Waals surface area contributed by atoms with E-state index in [4.69, 9.17) is 14.0 Å². The molecule has 0 bridgehead atoms. The number of rotatable bonds is 8. The van der Waals surface area contributed by atoms with E-state index in [9.17, 15) is 4.79 Å². The van der Waals surface area contributed by atoms with E-state index < -0.39 is 0 Å². The van der Waals surface area contributed by atoms with E-state index >= 15 is 0 Å². The van der Waals surface area contributed by atoms with E-state index in [1.165, 1.54) is 0 Å². The Morgan fingerprint density at radius 2 is 2.04 bits per heavy atom. The molecule has 7 heteroatoms. The molecule has 1 aromatic carbocycles. The molecule has 0 saturated carbocycles. The minimum atomic E-state index is -0.106. The number of hydrogen-bond acceptors (Lipinski definition) is 5. The largest absolute Gasteiger partial charge is 0.497 e. The predicted octanol–water partition coefficient (Wildman–Crippen LogP) is 3.69. The van der Waals surface area contributed by atoms with Gasteiger partial charge in [0.2, 0.25) is 0 Å². The fraction of sp³-hybridized carbons (Fsp3) is 0.474. The molecule has 0 aliphatic heterocycles. The fourth-order valence-corrected chi connectivity index (χ4v) is 2.58. The average Bonchev–Trinajstić information content (AvgIpc) is 3.08. The van der Waals surface area contributed by atoms with E-state index in [1.54, 1.807) is 19.1 Å². The van der Waals surface area contributed by atoms with E-state index in [0.717, 1.165) is 12.0 Å². The topological polar surface area (TPSA) is 76.8 Å². The van der Waals surface area contributed by atoms with Crippen LogP contribution in [0.1, 0.15) is 32.9 Å². The highest BCUT2D eigenvalue weighted by Gasteiger charge is 2.18. The molecule has 1 N–H and O–H groups in total. The van der Waals surface area contributed by atoms with E-state index in [0.29, 0.717) is 36.0 Å². The van der Waals surface area contributed by atoms with Crippen LogP contribution in [0.5, 0.6) is 11.5 Å². The van der Waals surface area contributed by atoms with Gasteiger partial charge >= 0.3 is 6.03 Å². The van der Waals surface area contributed by atoms with Gasteiger partial charge in [0.25, 0.3) is 0 Å². The van der Waals surface area contributed by atoms with Crippen LogP contribution in [-0.4, -0.2) is 42.9 Å². The molecule has 0 unspecified atom stereocenters. The van der Waals surface area contributed by atoms with Gasteiger partial charge in [0.05, 0.1) is 26.3 Å². The molecular weight excluding hydrogens is 334 g/mol. The monoisotopic (exact) mass is 361 g/mol. The molecule has 2 aromatic rings. The van der Waals surface area contributed by atoms with Crippen molar-refractivity contribution in [1.82, 2.24) is 15.4 Å². The lowest BCUT2D eigenvalue weighted by atomic mass is 10.1. The first-order valence-electron chi connectivity index (χ1n) is 8.71. The molecule has 0 radical (unpaired) electrons. The van der Waals surface area contributed by atoms with Gasteiger partial charge in [-0.05, 0) is 38.5 Å². The molecule has 0 fully saturated rings. The van der Waals surface area contributed by atoms with Crippen LogP contribution >= 0.6 is 0 Å². The molecule has 7 nitrogen and oxygen atoms in total. The molecule has 0 aliphatic rings. The minimum Gasteiger partial charge on any atom is -0.497 e. The molecule has 0 saturated heterocycles. The van der Waals surface area contributed by atoms with Crippen LogP contribution in [0.2, 0.25) is 0 Å². The summed E-state index contributed by atoms with van der Waals surface area (Å²) in [6.07, 6.45) is 0.861. The predicted molar refractivity (Wildman–Crippen MR) is 99.4 cm³/mol. The molecular formula is C19H27N3O4. The standard InChI is InChI=1S/C19H27N3O4/c1-6-9-22(19(23)20-13(2)3)12-14-10-18(26-21-14)16-11-15(24-4)7-8-17(16)25-5/h7-8,10-11,13H,6,9,12H2,1-5H3,(H,20,23). The number of nitrogens with zero attached hydrogens (tertiary/aromatic N) is 2. The Morgan fingerprint density at radius 3 is 2.65 bits per heavy atom. The summed E-state index contributed by atoms with van der Waals surface area (Å²) < 4.78 is 16.1. The van der Waals surface area contributed by atoms with Crippen LogP contribution in [0.25, 0.3) is 11.3 Å². The Bertz CT molecular complexity index is 727. The van der Waals surface area contributed by atoms with Gasteiger partial charge in [0.1, 0.15) is 17.2 Å². The third kappa shape index (κ3) is 4.91. The Hall–Kier alpha value is -2.70. The van der Waals surface area contributed by atoms with Crippen molar-refractivity contribution in [3.63, 3.8) is 0 Å². The van der Waals surface area contributed by atoms with E-state index in [-0.39, 0.29) is 12.1 Å². The number of nitrogens with one attached hydrogen (secondary N) is 1. The second kappa shape index (κ2) is 9.12. The van der Waals surface area contributed by atoms with E-state index in [1.807, 2.05) is 45.0 Å². The van der Waals surface area contributed by atoms with Crippen molar-refractivity contribution in [2.75, 3.05) is 20.8 Å². The average molecular weight is 361 g/mol. The summed E-state index contributed by atoms with van der Waals surface area (Å²) in [5.41, 5.74) is 1.43. The lowest BCUT2D eigenvalue weighted by Gasteiger charge is -2.22. The summed E-state index contributed by atoms with van der Waals surface area (Å²) in [6, 6.07) is 7.26. The number of methoxy groups -OCH3 is 2. The number of aromatic nitrogens is 1. The van der Waals surface area contributed by atoms with Crippen molar-refractivity contribution >= 4 is 6.03 Å². The summed E-state index contributed by atoms with van der Waals surface area (Å²) in [6.45, 7) is 6.92. The van der Waals surface area contributed by atoms with Crippen LogP contribution in [0.15, 0.2) is 28.8 Å². The van der Waals surface area contributed by atoms with Crippen LogP contribution < -0.4 is 14.8 Å². The summed E-state index contributed by atoms with van der Waals surface area (Å²) in [5.74, 6) is 1.93. The number of ether oxygens (including phenoxy) is 2. The van der Waals surface area contributed by atoms with Gasteiger partial charge in [-0.25, -0.2) is 4.79 Å². The Kier molecular flexibility index (Phi) is 6.89. The second-order valence-electron chi connectivity index (χ2n) is 6.27. The van der Waals surface area contributed by atoms with Crippen molar-refractivity contribution in [2.24, 2.45) is 0 Å². The van der Waals surface area contributed by atoms with E-state index in [2.05, 4.69) is 10.5 Å². The first kappa shape index (κ1) is 19.6. The first-order chi connectivity index (χ1) is 12.5. The smallest absolute Gasteiger partial charge is 0.317 e. The van der Waals surface area contributed by atoms with Gasteiger partial charge in [0, 0.05) is 18.7 Å². The van der Waals surface area contributed by atoms with Crippen molar-refractivity contribution in [3.05, 3.63) is 30.0 Å². The summed E-state index contributed by atoms with van der Waals surface area (Å²) >= 11 is 0. The quantitative estimate of drug-likeness (QED) is 0.776. The maximum atomic E-state index is 12.3. The fourth-order valence-electron chi connectivity index (χ4n) is 2.58. The first-order valence-corrected chi connectivity index (χ1v) is 8.71.